The van der Waals surface area contributed by atoms with Gasteiger partial charge in [0.05, 0.1) is 11.1 Å². The molecule has 0 radical (unpaired) electrons. The van der Waals surface area contributed by atoms with Gasteiger partial charge in [0.1, 0.15) is 0 Å². The second kappa shape index (κ2) is 14.7. The van der Waals surface area contributed by atoms with Gasteiger partial charge < -0.3 is 20.8 Å². The van der Waals surface area contributed by atoms with E-state index in [1.807, 2.05) is 0 Å². The van der Waals surface area contributed by atoms with E-state index in [1.54, 1.807) is 48.5 Å². The lowest BCUT2D eigenvalue weighted by Crippen LogP contribution is -2.54. The van der Waals surface area contributed by atoms with E-state index in [9.17, 15) is 29.4 Å². The summed E-state index contributed by atoms with van der Waals surface area (Å²) in [5.74, 6) is -4.88. The molecule has 0 heterocycles. The fourth-order valence-corrected chi connectivity index (χ4v) is 6.36. The standard InChI is InChI=1S/C41H42F6N2O6/c1-9-37(5,6)33(50)25-15-16-26(32-28(36(54)55)18-17-27(31(25)32)35(52)53)34(51)48-29-19-23(13-11-21(29)3)39(40(42,43)44,41(45,46)47)24-14-12-22(4)30(20-24)49-38(7,8)10-2/h11-20,49H,9-10H2,1-8H3,(H,48,51)(H,52,53)(H,54,55). The molecule has 0 aliphatic heterocycles. The average molecular weight is 773 g/mol. The molecule has 0 fully saturated rings. The van der Waals surface area contributed by atoms with Gasteiger partial charge in [-0.1, -0.05) is 52.0 Å². The van der Waals surface area contributed by atoms with Gasteiger partial charge in [0, 0.05) is 44.2 Å². The summed E-state index contributed by atoms with van der Waals surface area (Å²) >= 11 is 0. The first-order valence-electron chi connectivity index (χ1n) is 17.3. The van der Waals surface area contributed by atoms with E-state index in [0.29, 0.717) is 30.5 Å². The Hall–Kier alpha value is -5.40. The molecule has 0 aliphatic rings. The number of hydrogen-bond donors (Lipinski definition) is 4. The van der Waals surface area contributed by atoms with Crippen molar-refractivity contribution >= 4 is 45.8 Å². The van der Waals surface area contributed by atoms with Crippen molar-refractivity contribution in [3.05, 3.63) is 105 Å². The quantitative estimate of drug-likeness (QED) is 0.0832. The molecule has 4 aromatic rings. The number of carbonyl (C=O) groups is 4. The lowest BCUT2D eigenvalue weighted by molar-refractivity contribution is -0.288. The maximum absolute atomic E-state index is 15.3. The zero-order valence-corrected chi connectivity index (χ0v) is 31.5. The van der Waals surface area contributed by atoms with Gasteiger partial charge in [-0.25, -0.2) is 9.59 Å². The van der Waals surface area contributed by atoms with Crippen molar-refractivity contribution in [2.24, 2.45) is 5.41 Å². The van der Waals surface area contributed by atoms with Crippen molar-refractivity contribution in [3.8, 4) is 0 Å². The molecule has 4 aromatic carbocycles. The average Bonchev–Trinajstić information content (AvgIpc) is 3.08. The van der Waals surface area contributed by atoms with Crippen LogP contribution in [0.4, 0.5) is 37.7 Å². The van der Waals surface area contributed by atoms with E-state index in [2.05, 4.69) is 10.6 Å². The predicted molar refractivity (Wildman–Crippen MR) is 197 cm³/mol. The molecule has 14 heteroatoms. The maximum Gasteiger partial charge on any atom is 0.411 e. The third-order valence-electron chi connectivity index (χ3n) is 10.4. The maximum atomic E-state index is 15.3. The van der Waals surface area contributed by atoms with Crippen LogP contribution in [0.25, 0.3) is 10.8 Å². The molecule has 0 saturated heterocycles. The lowest BCUT2D eigenvalue weighted by Gasteiger charge is -2.39. The summed E-state index contributed by atoms with van der Waals surface area (Å²) in [6.07, 6.45) is -11.1. The summed E-state index contributed by atoms with van der Waals surface area (Å²) in [5, 5.41) is 24.7. The fourth-order valence-electron chi connectivity index (χ4n) is 6.36. The van der Waals surface area contributed by atoms with Gasteiger partial charge in [-0.3, -0.25) is 9.59 Å². The van der Waals surface area contributed by atoms with Gasteiger partial charge in [-0.2, -0.15) is 26.3 Å². The topological polar surface area (TPSA) is 133 Å². The molecule has 0 bridgehead atoms. The molecule has 0 aliphatic carbocycles. The molecule has 0 spiro atoms. The van der Waals surface area contributed by atoms with Gasteiger partial charge in [0.2, 0.25) is 5.41 Å². The van der Waals surface area contributed by atoms with Crippen LogP contribution in [-0.2, 0) is 5.41 Å². The Morgan fingerprint density at radius 3 is 1.45 bits per heavy atom. The Morgan fingerprint density at radius 1 is 0.600 bits per heavy atom. The van der Waals surface area contributed by atoms with Crippen LogP contribution in [0.5, 0.6) is 0 Å². The Labute approximate surface area is 313 Å². The number of halogens is 6. The van der Waals surface area contributed by atoms with E-state index < -0.39 is 91.2 Å². The van der Waals surface area contributed by atoms with Crippen molar-refractivity contribution in [2.75, 3.05) is 10.6 Å². The first-order chi connectivity index (χ1) is 25.3. The molecule has 55 heavy (non-hydrogen) atoms. The molecular weight excluding hydrogens is 730 g/mol. The zero-order chi connectivity index (χ0) is 41.6. The number of ketones is 1. The number of carboxylic acid groups (broad SMARTS) is 2. The number of alkyl halides is 6. The SMILES string of the molecule is CCC(C)(C)Nc1cc(C(c2ccc(C)c(NC(=O)c3ccc(C(=O)C(C)(C)CC)c4c(C(=O)O)ccc(C(=O)O)c34)c2)(C(F)(F)F)C(F)(F)F)ccc1C. The molecule has 8 nitrogen and oxygen atoms in total. The molecule has 0 saturated carbocycles. The number of amides is 1. The van der Waals surface area contributed by atoms with Crippen molar-refractivity contribution in [2.45, 2.75) is 91.5 Å². The van der Waals surface area contributed by atoms with Crippen LogP contribution in [0.1, 0.15) is 118 Å². The Morgan fingerprint density at radius 2 is 1.02 bits per heavy atom. The number of fused-ring (bicyclic) bond motifs is 1. The van der Waals surface area contributed by atoms with Crippen LogP contribution in [0.2, 0.25) is 0 Å². The smallest absolute Gasteiger partial charge is 0.411 e. The van der Waals surface area contributed by atoms with Gasteiger partial charge in [0.25, 0.3) is 5.91 Å². The van der Waals surface area contributed by atoms with Crippen LogP contribution < -0.4 is 10.6 Å². The summed E-state index contributed by atoms with van der Waals surface area (Å²) in [5.41, 5.74) is -10.4. The number of nitrogens with one attached hydrogen (secondary N) is 2. The van der Waals surface area contributed by atoms with Gasteiger partial charge in [-0.15, -0.1) is 0 Å². The highest BCUT2D eigenvalue weighted by Gasteiger charge is 2.72. The second-order valence-corrected chi connectivity index (χ2v) is 14.9. The molecule has 294 valence electrons. The highest BCUT2D eigenvalue weighted by molar-refractivity contribution is 6.25. The minimum Gasteiger partial charge on any atom is -0.478 e. The molecule has 4 rings (SSSR count). The number of rotatable bonds is 12. The summed E-state index contributed by atoms with van der Waals surface area (Å²) < 4.78 is 91.7. The van der Waals surface area contributed by atoms with E-state index >= 15 is 26.3 Å². The van der Waals surface area contributed by atoms with Crippen LogP contribution in [0.15, 0.2) is 60.7 Å². The normalized spacial score (nSPS) is 12.8. The molecule has 0 atom stereocenters. The van der Waals surface area contributed by atoms with Crippen LogP contribution in [-0.4, -0.2) is 51.7 Å². The fraction of sp³-hybridized carbons (Fsp3) is 0.366. The summed E-state index contributed by atoms with van der Waals surface area (Å²) in [7, 11) is 0. The zero-order valence-electron chi connectivity index (χ0n) is 31.5. The molecular formula is C41H42F6N2O6. The second-order valence-electron chi connectivity index (χ2n) is 14.9. The minimum absolute atomic E-state index is 0.0526. The van der Waals surface area contributed by atoms with Crippen molar-refractivity contribution < 1.29 is 55.7 Å². The van der Waals surface area contributed by atoms with E-state index in [1.165, 1.54) is 13.0 Å². The number of anilines is 2. The number of carbonyl (C=O) groups excluding carboxylic acids is 2. The lowest BCUT2D eigenvalue weighted by atomic mass is 9.72. The first kappa shape index (κ1) is 42.3. The Kier molecular flexibility index (Phi) is 11.3. The van der Waals surface area contributed by atoms with Gasteiger partial charge >= 0.3 is 24.3 Å². The predicted octanol–water partition coefficient (Wildman–Crippen LogP) is 10.7. The van der Waals surface area contributed by atoms with Crippen LogP contribution in [0.3, 0.4) is 0 Å². The monoisotopic (exact) mass is 772 g/mol. The van der Waals surface area contributed by atoms with Crippen molar-refractivity contribution in [1.82, 2.24) is 0 Å². The van der Waals surface area contributed by atoms with E-state index in [-0.39, 0.29) is 22.2 Å². The first-order valence-corrected chi connectivity index (χ1v) is 17.3. The highest BCUT2D eigenvalue weighted by Crippen LogP contribution is 2.57. The van der Waals surface area contributed by atoms with Crippen molar-refractivity contribution in [3.63, 3.8) is 0 Å². The molecule has 4 N–H and O–H groups in total. The van der Waals surface area contributed by atoms with Gasteiger partial charge in [0.15, 0.2) is 5.78 Å². The summed E-state index contributed by atoms with van der Waals surface area (Å²) in [4.78, 5) is 52.6. The number of Topliss-reactive ketones (excluding diaryl/α,β-unsaturated/α-hetero) is 1. The Balaban J connectivity index is 2.01. The van der Waals surface area contributed by atoms with Crippen LogP contribution >= 0.6 is 0 Å². The number of benzene rings is 4. The molecule has 0 aromatic heterocycles. The highest BCUT2D eigenvalue weighted by atomic mass is 19.4. The van der Waals surface area contributed by atoms with E-state index in [4.69, 9.17) is 0 Å². The number of hydrogen-bond acceptors (Lipinski definition) is 5. The van der Waals surface area contributed by atoms with Crippen LogP contribution in [0, 0.1) is 19.3 Å². The third-order valence-corrected chi connectivity index (χ3v) is 10.4. The van der Waals surface area contributed by atoms with Crippen molar-refractivity contribution in [1.29, 1.82) is 0 Å². The minimum atomic E-state index is -5.96. The number of aromatic carboxylic acids is 2. The third kappa shape index (κ3) is 7.63. The molecule has 0 unspecified atom stereocenters. The van der Waals surface area contributed by atoms with Gasteiger partial charge in [-0.05, 0) is 99.2 Å². The number of aryl methyl sites for hydroxylation is 2. The number of carboxylic acids is 2. The summed E-state index contributed by atoms with van der Waals surface area (Å²) in [6, 6.07) is 9.13. The Bertz CT molecular complexity index is 2190. The summed E-state index contributed by atoms with van der Waals surface area (Å²) in [6.45, 7) is 13.1. The largest absolute Gasteiger partial charge is 0.478 e. The molecule has 1 amide bonds. The van der Waals surface area contributed by atoms with E-state index in [0.717, 1.165) is 42.5 Å².